The third kappa shape index (κ3) is 4.23. The average Bonchev–Trinajstić information content (AvgIpc) is 2.48. The van der Waals surface area contributed by atoms with Gasteiger partial charge in [0.05, 0.1) is 0 Å². The van der Waals surface area contributed by atoms with Crippen molar-refractivity contribution in [3.05, 3.63) is 65.5 Å². The molecule has 0 bridgehead atoms. The van der Waals surface area contributed by atoms with Crippen molar-refractivity contribution in [1.29, 1.82) is 0 Å². The number of nitrogens with two attached hydrogens (primary N) is 1. The molecule has 0 fully saturated rings. The molecule has 0 radical (unpaired) electrons. The van der Waals surface area contributed by atoms with Crippen LogP contribution in [0.4, 0.5) is 13.2 Å². The van der Waals surface area contributed by atoms with E-state index in [1.54, 1.807) is 18.2 Å². The van der Waals surface area contributed by atoms with Gasteiger partial charge in [-0.3, -0.25) is 11.3 Å². The standard InChI is InChI=1S/C15H15F3N2S/c16-12-5-3-6-13(17)11(12)8-10(20-19)9-21-15-7-2-1-4-14(15)18/h1-7,10,20H,8-9,19H2. The van der Waals surface area contributed by atoms with E-state index in [4.69, 9.17) is 5.84 Å². The maximum absolute atomic E-state index is 13.6. The van der Waals surface area contributed by atoms with Crippen LogP contribution in [0, 0.1) is 17.5 Å². The Morgan fingerprint density at radius 3 is 2.19 bits per heavy atom. The van der Waals surface area contributed by atoms with Gasteiger partial charge in [-0.15, -0.1) is 11.8 Å². The molecule has 1 unspecified atom stereocenters. The Labute approximate surface area is 125 Å². The van der Waals surface area contributed by atoms with Gasteiger partial charge in [0.2, 0.25) is 0 Å². The molecule has 2 nitrogen and oxygen atoms in total. The first-order valence-electron chi connectivity index (χ1n) is 6.38. The Kier molecular flexibility index (Phi) is 5.67. The van der Waals surface area contributed by atoms with Gasteiger partial charge in [0.1, 0.15) is 17.5 Å². The van der Waals surface area contributed by atoms with E-state index in [-0.39, 0.29) is 23.8 Å². The molecule has 2 rings (SSSR count). The summed E-state index contributed by atoms with van der Waals surface area (Å²) in [4.78, 5) is 0.478. The van der Waals surface area contributed by atoms with Crippen LogP contribution in [0.3, 0.4) is 0 Å². The van der Waals surface area contributed by atoms with Crippen LogP contribution in [0.1, 0.15) is 5.56 Å². The summed E-state index contributed by atoms with van der Waals surface area (Å²) >= 11 is 1.25. The van der Waals surface area contributed by atoms with Crippen molar-refractivity contribution in [3.63, 3.8) is 0 Å². The molecule has 0 saturated carbocycles. The van der Waals surface area contributed by atoms with E-state index in [9.17, 15) is 13.2 Å². The average molecular weight is 312 g/mol. The zero-order valence-electron chi connectivity index (χ0n) is 11.2. The van der Waals surface area contributed by atoms with Crippen molar-refractivity contribution >= 4 is 11.8 Å². The number of benzene rings is 2. The smallest absolute Gasteiger partial charge is 0.136 e. The molecule has 0 saturated heterocycles. The number of halogens is 3. The summed E-state index contributed by atoms with van der Waals surface area (Å²) in [7, 11) is 0. The molecule has 2 aromatic carbocycles. The summed E-state index contributed by atoms with van der Waals surface area (Å²) in [6.45, 7) is 0. The molecule has 112 valence electrons. The minimum atomic E-state index is -0.605. The van der Waals surface area contributed by atoms with E-state index in [1.807, 2.05) is 0 Å². The molecule has 0 amide bonds. The first kappa shape index (κ1) is 15.9. The number of hydrogen-bond acceptors (Lipinski definition) is 3. The highest BCUT2D eigenvalue weighted by atomic mass is 32.2. The number of rotatable bonds is 6. The molecule has 3 N–H and O–H groups in total. The quantitative estimate of drug-likeness (QED) is 0.488. The first-order chi connectivity index (χ1) is 10.1. The fourth-order valence-electron chi connectivity index (χ4n) is 1.89. The summed E-state index contributed by atoms with van der Waals surface area (Å²) in [5.41, 5.74) is 2.50. The monoisotopic (exact) mass is 312 g/mol. The van der Waals surface area contributed by atoms with Crippen LogP contribution in [0.2, 0.25) is 0 Å². The lowest BCUT2D eigenvalue weighted by molar-refractivity contribution is 0.512. The summed E-state index contributed by atoms with van der Waals surface area (Å²) in [5.74, 6) is 4.28. The summed E-state index contributed by atoms with van der Waals surface area (Å²) in [5, 5.41) is 0. The SMILES string of the molecule is NNC(CSc1ccccc1F)Cc1c(F)cccc1F. The Hall–Kier alpha value is -1.50. The number of hydrazine groups is 1. The van der Waals surface area contributed by atoms with Crippen LogP contribution in [-0.4, -0.2) is 11.8 Å². The fourth-order valence-corrected chi connectivity index (χ4v) is 2.87. The van der Waals surface area contributed by atoms with Crippen LogP contribution < -0.4 is 11.3 Å². The van der Waals surface area contributed by atoms with Crippen molar-refractivity contribution in [3.8, 4) is 0 Å². The lowest BCUT2D eigenvalue weighted by Crippen LogP contribution is -2.39. The predicted octanol–water partition coefficient (Wildman–Crippen LogP) is 3.27. The number of hydrogen-bond donors (Lipinski definition) is 2. The van der Waals surface area contributed by atoms with Gasteiger partial charge in [0.15, 0.2) is 0 Å². The molecule has 0 aliphatic carbocycles. The van der Waals surface area contributed by atoms with Crippen molar-refractivity contribution in [1.82, 2.24) is 5.43 Å². The molecular weight excluding hydrogens is 297 g/mol. The Balaban J connectivity index is 2.02. The lowest BCUT2D eigenvalue weighted by atomic mass is 10.1. The van der Waals surface area contributed by atoms with Gasteiger partial charge in [-0.05, 0) is 30.7 Å². The van der Waals surface area contributed by atoms with Gasteiger partial charge in [-0.25, -0.2) is 13.2 Å². The number of nitrogens with one attached hydrogen (secondary N) is 1. The van der Waals surface area contributed by atoms with Crippen molar-refractivity contribution < 1.29 is 13.2 Å². The highest BCUT2D eigenvalue weighted by Crippen LogP contribution is 2.23. The molecule has 1 atom stereocenters. The van der Waals surface area contributed by atoms with Crippen LogP contribution in [-0.2, 0) is 6.42 Å². The predicted molar refractivity (Wildman–Crippen MR) is 78.3 cm³/mol. The third-order valence-electron chi connectivity index (χ3n) is 3.02. The molecule has 6 heteroatoms. The van der Waals surface area contributed by atoms with Gasteiger partial charge in [-0.1, -0.05) is 18.2 Å². The topological polar surface area (TPSA) is 38.0 Å². The van der Waals surface area contributed by atoms with E-state index < -0.39 is 11.6 Å². The normalized spacial score (nSPS) is 12.4. The minimum absolute atomic E-state index is 0.0189. The van der Waals surface area contributed by atoms with Crippen LogP contribution in [0.5, 0.6) is 0 Å². The highest BCUT2D eigenvalue weighted by Gasteiger charge is 2.15. The van der Waals surface area contributed by atoms with Crippen LogP contribution in [0.15, 0.2) is 47.4 Å². The van der Waals surface area contributed by atoms with Gasteiger partial charge in [0, 0.05) is 22.3 Å². The number of thioether (sulfide) groups is 1. The van der Waals surface area contributed by atoms with Crippen molar-refractivity contribution in [2.75, 3.05) is 5.75 Å². The zero-order valence-corrected chi connectivity index (χ0v) is 12.0. The maximum Gasteiger partial charge on any atom is 0.136 e. The molecule has 0 heterocycles. The molecule has 2 aromatic rings. The largest absolute Gasteiger partial charge is 0.271 e. The molecule has 0 aliphatic rings. The second kappa shape index (κ2) is 7.49. The Morgan fingerprint density at radius 2 is 1.57 bits per heavy atom. The Morgan fingerprint density at radius 1 is 0.952 bits per heavy atom. The second-order valence-electron chi connectivity index (χ2n) is 4.51. The van der Waals surface area contributed by atoms with E-state index in [1.165, 1.54) is 36.0 Å². The van der Waals surface area contributed by atoms with Crippen LogP contribution >= 0.6 is 11.8 Å². The molecule has 0 spiro atoms. The molecular formula is C15H15F3N2S. The van der Waals surface area contributed by atoms with E-state index in [2.05, 4.69) is 5.43 Å². The van der Waals surface area contributed by atoms with Gasteiger partial charge >= 0.3 is 0 Å². The highest BCUT2D eigenvalue weighted by molar-refractivity contribution is 7.99. The zero-order chi connectivity index (χ0) is 15.2. The van der Waals surface area contributed by atoms with Gasteiger partial charge in [0.25, 0.3) is 0 Å². The van der Waals surface area contributed by atoms with Crippen molar-refractivity contribution in [2.24, 2.45) is 5.84 Å². The molecule has 0 aromatic heterocycles. The molecule has 0 aliphatic heterocycles. The van der Waals surface area contributed by atoms with E-state index in [0.717, 1.165) is 0 Å². The third-order valence-corrected chi connectivity index (χ3v) is 4.24. The van der Waals surface area contributed by atoms with Gasteiger partial charge in [-0.2, -0.15) is 0 Å². The van der Waals surface area contributed by atoms with E-state index >= 15 is 0 Å². The van der Waals surface area contributed by atoms with Crippen LogP contribution in [0.25, 0.3) is 0 Å². The molecule has 21 heavy (non-hydrogen) atoms. The summed E-state index contributed by atoms with van der Waals surface area (Å²) in [6.07, 6.45) is 0.0937. The lowest BCUT2D eigenvalue weighted by Gasteiger charge is -2.16. The minimum Gasteiger partial charge on any atom is -0.271 e. The first-order valence-corrected chi connectivity index (χ1v) is 7.36. The fraction of sp³-hybridized carbons (Fsp3) is 0.200. The van der Waals surface area contributed by atoms with E-state index in [0.29, 0.717) is 10.6 Å². The van der Waals surface area contributed by atoms with Gasteiger partial charge < -0.3 is 0 Å². The summed E-state index contributed by atoms with van der Waals surface area (Å²) < 4.78 is 40.7. The van der Waals surface area contributed by atoms with Crippen molar-refractivity contribution in [2.45, 2.75) is 17.4 Å². The summed E-state index contributed by atoms with van der Waals surface area (Å²) in [6, 6.07) is 9.70. The Bertz CT molecular complexity index is 587. The second-order valence-corrected chi connectivity index (χ2v) is 5.57. The maximum atomic E-state index is 13.6.